The number of carbonyl (C=O) groups is 3. The third-order valence-electron chi connectivity index (χ3n) is 5.04. The maximum Gasteiger partial charge on any atom is 0.255 e. The van der Waals surface area contributed by atoms with Crippen LogP contribution in [0.15, 0.2) is 23.1 Å². The lowest BCUT2D eigenvalue weighted by atomic mass is 10.0. The molecule has 0 aliphatic carbocycles. The molecule has 1 aromatic rings. The number of rotatable bonds is 8. The number of fused-ring (bicyclic) bond motifs is 1. The lowest BCUT2D eigenvalue weighted by Crippen LogP contribution is -2.52. The summed E-state index contributed by atoms with van der Waals surface area (Å²) in [4.78, 5) is 39.0. The second-order valence-corrected chi connectivity index (χ2v) is 8.08. The van der Waals surface area contributed by atoms with Gasteiger partial charge in [-0.15, -0.1) is 11.8 Å². The van der Waals surface area contributed by atoms with Crippen LogP contribution in [0.1, 0.15) is 67.8 Å². The summed E-state index contributed by atoms with van der Waals surface area (Å²) < 4.78 is 0. The number of benzene rings is 1. The van der Waals surface area contributed by atoms with Crippen molar-refractivity contribution in [1.82, 2.24) is 10.2 Å². The first-order valence-corrected chi connectivity index (χ1v) is 10.5. The Morgan fingerprint density at radius 2 is 1.96 bits per heavy atom. The van der Waals surface area contributed by atoms with Crippen molar-refractivity contribution in [2.75, 3.05) is 5.75 Å². The van der Waals surface area contributed by atoms with Gasteiger partial charge in [0, 0.05) is 23.4 Å². The zero-order chi connectivity index (χ0) is 18.5. The zero-order valence-corrected chi connectivity index (χ0v) is 16.1. The molecule has 0 spiro atoms. The molecule has 0 radical (unpaired) electrons. The van der Waals surface area contributed by atoms with Gasteiger partial charge >= 0.3 is 0 Å². The summed E-state index contributed by atoms with van der Waals surface area (Å²) in [6, 6.07) is 5.29. The molecule has 1 atom stereocenters. The van der Waals surface area contributed by atoms with Crippen LogP contribution in [-0.4, -0.2) is 34.4 Å². The number of carbonyl (C=O) groups excluding carboxylic acids is 3. The predicted molar refractivity (Wildman–Crippen MR) is 102 cm³/mol. The molecule has 1 saturated heterocycles. The maximum atomic E-state index is 12.8. The monoisotopic (exact) mass is 374 g/mol. The van der Waals surface area contributed by atoms with Crippen LogP contribution in [0.5, 0.6) is 0 Å². The first-order valence-electron chi connectivity index (χ1n) is 9.51. The average molecular weight is 375 g/mol. The highest BCUT2D eigenvalue weighted by molar-refractivity contribution is 7.99. The molecule has 0 saturated carbocycles. The summed E-state index contributed by atoms with van der Waals surface area (Å²) >= 11 is 1.80. The van der Waals surface area contributed by atoms with Crippen molar-refractivity contribution in [3.63, 3.8) is 0 Å². The summed E-state index contributed by atoms with van der Waals surface area (Å²) in [5.74, 6) is 0.342. The van der Waals surface area contributed by atoms with Crippen molar-refractivity contribution in [1.29, 1.82) is 0 Å². The standard InChI is InChI=1S/C20H26N2O3S/c1-2-3-4-5-6-12-26-17-9-7-8-14-15(17)13-22(20(14)25)16-10-11-18(23)21-19(16)24/h7-9,16H,2-6,10-13H2,1H3,(H,21,23,24). The van der Waals surface area contributed by atoms with Crippen LogP contribution in [0.3, 0.4) is 0 Å². The minimum atomic E-state index is -0.542. The van der Waals surface area contributed by atoms with Gasteiger partial charge < -0.3 is 4.90 Å². The second-order valence-electron chi connectivity index (χ2n) is 6.94. The van der Waals surface area contributed by atoms with E-state index in [0.717, 1.165) is 16.2 Å². The van der Waals surface area contributed by atoms with Crippen LogP contribution in [0.2, 0.25) is 0 Å². The van der Waals surface area contributed by atoms with Gasteiger partial charge in [-0.25, -0.2) is 0 Å². The van der Waals surface area contributed by atoms with Crippen LogP contribution in [0, 0.1) is 0 Å². The zero-order valence-electron chi connectivity index (χ0n) is 15.3. The summed E-state index contributed by atoms with van der Waals surface area (Å²) in [7, 11) is 0. The van der Waals surface area contributed by atoms with Gasteiger partial charge in [-0.1, -0.05) is 38.7 Å². The van der Waals surface area contributed by atoms with Gasteiger partial charge in [0.1, 0.15) is 6.04 Å². The fraction of sp³-hybridized carbons (Fsp3) is 0.550. The van der Waals surface area contributed by atoms with Crippen LogP contribution in [0.4, 0.5) is 0 Å². The van der Waals surface area contributed by atoms with Crippen molar-refractivity contribution >= 4 is 29.5 Å². The van der Waals surface area contributed by atoms with Crippen molar-refractivity contribution in [2.45, 2.75) is 69.4 Å². The summed E-state index contributed by atoms with van der Waals surface area (Å²) in [6.45, 7) is 2.67. The van der Waals surface area contributed by atoms with E-state index in [9.17, 15) is 14.4 Å². The number of amides is 3. The molecule has 3 rings (SSSR count). The molecule has 140 valence electrons. The quantitative estimate of drug-likeness (QED) is 0.430. The normalized spacial score (nSPS) is 19.7. The van der Waals surface area contributed by atoms with Crippen LogP contribution in [-0.2, 0) is 16.1 Å². The Hall–Kier alpha value is -1.82. The molecule has 3 amide bonds. The van der Waals surface area contributed by atoms with Gasteiger partial charge in [-0.2, -0.15) is 0 Å². The highest BCUT2D eigenvalue weighted by Gasteiger charge is 2.39. The molecule has 1 fully saturated rings. The molecule has 26 heavy (non-hydrogen) atoms. The number of thioether (sulfide) groups is 1. The number of hydrogen-bond donors (Lipinski definition) is 1. The van der Waals surface area contributed by atoms with E-state index in [2.05, 4.69) is 18.3 Å². The maximum absolute atomic E-state index is 12.8. The van der Waals surface area contributed by atoms with E-state index >= 15 is 0 Å². The van der Waals surface area contributed by atoms with Gasteiger partial charge in [0.15, 0.2) is 0 Å². The summed E-state index contributed by atoms with van der Waals surface area (Å²) in [5.41, 5.74) is 1.73. The number of imide groups is 1. The summed E-state index contributed by atoms with van der Waals surface area (Å²) in [5, 5.41) is 2.35. The Bertz CT molecular complexity index is 704. The van der Waals surface area contributed by atoms with Gasteiger partial charge in [-0.3, -0.25) is 19.7 Å². The van der Waals surface area contributed by atoms with E-state index in [-0.39, 0.29) is 24.1 Å². The van der Waals surface area contributed by atoms with Gasteiger partial charge in [0.25, 0.3) is 5.91 Å². The number of hydrogen-bond acceptors (Lipinski definition) is 4. The SMILES string of the molecule is CCCCCCCSc1cccc2c1CN(C1CCC(=O)NC1=O)C2=O. The Balaban J connectivity index is 1.64. The summed E-state index contributed by atoms with van der Waals surface area (Å²) in [6.07, 6.45) is 6.95. The molecule has 1 N–H and O–H groups in total. The highest BCUT2D eigenvalue weighted by atomic mass is 32.2. The Labute approximate surface area is 158 Å². The van der Waals surface area contributed by atoms with Crippen molar-refractivity contribution in [3.05, 3.63) is 29.3 Å². The third-order valence-corrected chi connectivity index (χ3v) is 6.23. The van der Waals surface area contributed by atoms with Crippen molar-refractivity contribution in [3.8, 4) is 0 Å². The second kappa shape index (κ2) is 8.71. The highest BCUT2D eigenvalue weighted by Crippen LogP contribution is 2.34. The Morgan fingerprint density at radius 1 is 1.15 bits per heavy atom. The van der Waals surface area contributed by atoms with E-state index in [0.29, 0.717) is 18.5 Å². The molecule has 2 aliphatic heterocycles. The lowest BCUT2D eigenvalue weighted by Gasteiger charge is -2.29. The van der Waals surface area contributed by atoms with Gasteiger partial charge in [0.2, 0.25) is 11.8 Å². The molecule has 2 aliphatic rings. The van der Waals surface area contributed by atoms with Crippen LogP contribution >= 0.6 is 11.8 Å². The predicted octanol–water partition coefficient (Wildman–Crippen LogP) is 3.51. The topological polar surface area (TPSA) is 66.5 Å². The molecular formula is C20H26N2O3S. The molecule has 0 aromatic heterocycles. The molecule has 0 bridgehead atoms. The Kier molecular flexibility index (Phi) is 6.35. The smallest absolute Gasteiger partial charge is 0.255 e. The number of piperidine rings is 1. The minimum absolute atomic E-state index is 0.0973. The van der Waals surface area contributed by atoms with Crippen LogP contribution in [0.25, 0.3) is 0 Å². The van der Waals surface area contributed by atoms with Crippen molar-refractivity contribution in [2.24, 2.45) is 0 Å². The molecule has 5 nitrogen and oxygen atoms in total. The van der Waals surface area contributed by atoms with E-state index in [1.807, 2.05) is 12.1 Å². The average Bonchev–Trinajstić information content (AvgIpc) is 2.96. The Morgan fingerprint density at radius 3 is 2.73 bits per heavy atom. The fourth-order valence-electron chi connectivity index (χ4n) is 3.58. The molecule has 6 heteroatoms. The molecule has 2 heterocycles. The minimum Gasteiger partial charge on any atom is -0.322 e. The van der Waals surface area contributed by atoms with E-state index in [4.69, 9.17) is 0 Å². The van der Waals surface area contributed by atoms with Crippen molar-refractivity contribution < 1.29 is 14.4 Å². The lowest BCUT2D eigenvalue weighted by molar-refractivity contribution is -0.136. The first-order chi connectivity index (χ1) is 12.6. The van der Waals surface area contributed by atoms with Gasteiger partial charge in [-0.05, 0) is 36.3 Å². The van der Waals surface area contributed by atoms with Crippen LogP contribution < -0.4 is 5.32 Å². The largest absolute Gasteiger partial charge is 0.322 e. The molecular weight excluding hydrogens is 348 g/mol. The number of unbranched alkanes of at least 4 members (excludes halogenated alkanes) is 4. The molecule has 1 unspecified atom stereocenters. The van der Waals surface area contributed by atoms with E-state index < -0.39 is 6.04 Å². The van der Waals surface area contributed by atoms with E-state index in [1.165, 1.54) is 32.1 Å². The molecule has 1 aromatic carbocycles. The number of nitrogens with one attached hydrogen (secondary N) is 1. The first kappa shape index (κ1) is 19.0. The number of nitrogens with zero attached hydrogens (tertiary/aromatic N) is 1. The van der Waals surface area contributed by atoms with Gasteiger partial charge in [0.05, 0.1) is 0 Å². The fourth-order valence-corrected chi connectivity index (χ4v) is 4.67. The van der Waals surface area contributed by atoms with E-state index in [1.54, 1.807) is 16.7 Å². The third kappa shape index (κ3) is 4.11.